The number of carbonyl (C=O) groups is 3. The Morgan fingerprint density at radius 3 is 2.38 bits per heavy atom. The molecule has 1 aromatic rings. The first-order chi connectivity index (χ1) is 9.82. The van der Waals surface area contributed by atoms with E-state index in [1.807, 2.05) is 13.8 Å². The van der Waals surface area contributed by atoms with Gasteiger partial charge < -0.3 is 10.4 Å². The summed E-state index contributed by atoms with van der Waals surface area (Å²) in [4.78, 5) is 34.9. The molecule has 1 rings (SSSR count). The van der Waals surface area contributed by atoms with E-state index in [-0.39, 0.29) is 28.9 Å². The quantitative estimate of drug-likeness (QED) is 0.754. The van der Waals surface area contributed by atoms with Crippen LogP contribution in [-0.2, 0) is 9.59 Å². The Bertz CT molecular complexity index is 542. The van der Waals surface area contributed by atoms with E-state index in [1.54, 1.807) is 18.2 Å². The fourth-order valence-corrected chi connectivity index (χ4v) is 2.72. The molecule has 1 aromatic carbocycles. The van der Waals surface area contributed by atoms with Crippen molar-refractivity contribution in [2.75, 3.05) is 5.75 Å². The van der Waals surface area contributed by atoms with Crippen LogP contribution in [0.5, 0.6) is 0 Å². The van der Waals surface area contributed by atoms with E-state index in [9.17, 15) is 14.4 Å². The topological polar surface area (TPSA) is 83.5 Å². The van der Waals surface area contributed by atoms with E-state index in [2.05, 4.69) is 5.32 Å². The van der Waals surface area contributed by atoms with Crippen LogP contribution < -0.4 is 5.32 Å². The summed E-state index contributed by atoms with van der Waals surface area (Å²) in [5.74, 6) is -1.31. The maximum absolute atomic E-state index is 11.9. The molecule has 0 bridgehead atoms. The zero-order valence-electron chi connectivity index (χ0n) is 12.3. The molecule has 0 aromatic heterocycles. The fraction of sp³-hybridized carbons (Fsp3) is 0.400. The summed E-state index contributed by atoms with van der Waals surface area (Å²) in [6, 6.07) is 6.01. The van der Waals surface area contributed by atoms with Crippen LogP contribution in [0.3, 0.4) is 0 Å². The minimum Gasteiger partial charge on any atom is -0.478 e. The van der Waals surface area contributed by atoms with E-state index in [0.717, 1.165) is 11.8 Å². The molecule has 1 amide bonds. The van der Waals surface area contributed by atoms with Crippen LogP contribution in [0.2, 0.25) is 0 Å². The standard InChI is InChI=1S/C15H19NO4S/c1-9(2)14(10(3)17)16-13(18)8-21-12-7-5-4-6-11(12)15(19)20/h4-7,9,14H,8H2,1-3H3,(H,16,18)(H,19,20). The van der Waals surface area contributed by atoms with Crippen LogP contribution in [0, 0.1) is 5.92 Å². The normalized spacial score (nSPS) is 12.0. The molecule has 0 aliphatic carbocycles. The Hall–Kier alpha value is -1.82. The summed E-state index contributed by atoms with van der Waals surface area (Å²) in [6.07, 6.45) is 0. The molecular weight excluding hydrogens is 290 g/mol. The van der Waals surface area contributed by atoms with Crippen molar-refractivity contribution < 1.29 is 19.5 Å². The van der Waals surface area contributed by atoms with Gasteiger partial charge in [0.2, 0.25) is 5.91 Å². The monoisotopic (exact) mass is 309 g/mol. The average molecular weight is 309 g/mol. The van der Waals surface area contributed by atoms with Crippen molar-refractivity contribution in [3.63, 3.8) is 0 Å². The van der Waals surface area contributed by atoms with Gasteiger partial charge in [-0.05, 0) is 25.0 Å². The van der Waals surface area contributed by atoms with Gasteiger partial charge in [-0.1, -0.05) is 26.0 Å². The Kier molecular flexibility index (Phi) is 6.42. The fourth-order valence-electron chi connectivity index (χ4n) is 1.87. The van der Waals surface area contributed by atoms with Crippen molar-refractivity contribution in [1.29, 1.82) is 0 Å². The number of hydrogen-bond acceptors (Lipinski definition) is 4. The summed E-state index contributed by atoms with van der Waals surface area (Å²) >= 11 is 1.14. The molecule has 0 saturated heterocycles. The van der Waals surface area contributed by atoms with Crippen LogP contribution in [0.1, 0.15) is 31.1 Å². The Morgan fingerprint density at radius 2 is 1.86 bits per heavy atom. The molecule has 0 spiro atoms. The second kappa shape index (κ2) is 7.83. The molecule has 6 heteroatoms. The largest absolute Gasteiger partial charge is 0.478 e. The Labute approximate surface area is 128 Å². The molecule has 0 radical (unpaired) electrons. The van der Waals surface area contributed by atoms with E-state index in [0.29, 0.717) is 4.90 Å². The lowest BCUT2D eigenvalue weighted by Crippen LogP contribution is -2.44. The molecule has 1 atom stereocenters. The van der Waals surface area contributed by atoms with Crippen molar-refractivity contribution in [2.24, 2.45) is 5.92 Å². The first-order valence-corrected chi connectivity index (χ1v) is 7.56. The minimum atomic E-state index is -1.03. The first-order valence-electron chi connectivity index (χ1n) is 6.58. The number of ketones is 1. The smallest absolute Gasteiger partial charge is 0.336 e. The molecule has 0 aliphatic rings. The summed E-state index contributed by atoms with van der Waals surface area (Å²) in [6.45, 7) is 5.16. The van der Waals surface area contributed by atoms with Gasteiger partial charge in [0.05, 0.1) is 17.4 Å². The highest BCUT2D eigenvalue weighted by Crippen LogP contribution is 2.22. The van der Waals surface area contributed by atoms with Gasteiger partial charge in [-0.2, -0.15) is 0 Å². The van der Waals surface area contributed by atoms with Gasteiger partial charge in [-0.3, -0.25) is 9.59 Å². The number of carboxylic acid groups (broad SMARTS) is 1. The molecule has 1 unspecified atom stereocenters. The lowest BCUT2D eigenvalue weighted by atomic mass is 10.0. The van der Waals surface area contributed by atoms with E-state index >= 15 is 0 Å². The van der Waals surface area contributed by atoms with Crippen molar-refractivity contribution in [2.45, 2.75) is 31.7 Å². The first kappa shape index (κ1) is 17.2. The highest BCUT2D eigenvalue weighted by atomic mass is 32.2. The van der Waals surface area contributed by atoms with Crippen molar-refractivity contribution in [3.8, 4) is 0 Å². The van der Waals surface area contributed by atoms with Crippen molar-refractivity contribution in [1.82, 2.24) is 5.32 Å². The molecule has 0 saturated carbocycles. The third-order valence-electron chi connectivity index (χ3n) is 2.90. The number of aromatic carboxylic acids is 1. The average Bonchev–Trinajstić information content (AvgIpc) is 2.42. The number of Topliss-reactive ketones (excluding diaryl/α,β-unsaturated/α-hetero) is 1. The Balaban J connectivity index is 2.65. The van der Waals surface area contributed by atoms with Crippen LogP contribution in [0.15, 0.2) is 29.2 Å². The third-order valence-corrected chi connectivity index (χ3v) is 3.97. The number of nitrogens with one attached hydrogen (secondary N) is 1. The highest BCUT2D eigenvalue weighted by molar-refractivity contribution is 8.00. The van der Waals surface area contributed by atoms with Gasteiger partial charge in [0, 0.05) is 4.90 Å². The lowest BCUT2D eigenvalue weighted by Gasteiger charge is -2.19. The zero-order chi connectivity index (χ0) is 16.0. The molecule has 0 fully saturated rings. The van der Waals surface area contributed by atoms with Crippen LogP contribution in [0.4, 0.5) is 0 Å². The van der Waals surface area contributed by atoms with Crippen molar-refractivity contribution in [3.05, 3.63) is 29.8 Å². The van der Waals surface area contributed by atoms with E-state index in [1.165, 1.54) is 13.0 Å². The highest BCUT2D eigenvalue weighted by Gasteiger charge is 2.20. The maximum atomic E-state index is 11.9. The third kappa shape index (κ3) is 5.23. The number of thioether (sulfide) groups is 1. The number of benzene rings is 1. The van der Waals surface area contributed by atoms with E-state index in [4.69, 9.17) is 5.11 Å². The summed E-state index contributed by atoms with van der Waals surface area (Å²) in [7, 11) is 0. The molecule has 0 aliphatic heterocycles. The Morgan fingerprint density at radius 1 is 1.24 bits per heavy atom. The molecule has 0 heterocycles. The second-order valence-corrected chi connectivity index (χ2v) is 6.01. The maximum Gasteiger partial charge on any atom is 0.336 e. The molecular formula is C15H19NO4S. The number of carbonyl (C=O) groups excluding carboxylic acids is 2. The lowest BCUT2D eigenvalue weighted by molar-refractivity contribution is -0.126. The minimum absolute atomic E-state index is 0.0164. The molecule has 21 heavy (non-hydrogen) atoms. The predicted molar refractivity (Wildman–Crippen MR) is 81.6 cm³/mol. The number of rotatable bonds is 7. The van der Waals surface area contributed by atoms with Gasteiger partial charge in [0.1, 0.15) is 0 Å². The van der Waals surface area contributed by atoms with Crippen LogP contribution in [-0.4, -0.2) is 34.6 Å². The van der Waals surface area contributed by atoms with Gasteiger partial charge >= 0.3 is 5.97 Å². The van der Waals surface area contributed by atoms with Gasteiger partial charge in [0.15, 0.2) is 5.78 Å². The SMILES string of the molecule is CC(=O)C(NC(=O)CSc1ccccc1C(=O)O)C(C)C. The van der Waals surface area contributed by atoms with Crippen LogP contribution >= 0.6 is 11.8 Å². The summed E-state index contributed by atoms with van der Waals surface area (Å²) in [5, 5.41) is 11.7. The summed E-state index contributed by atoms with van der Waals surface area (Å²) < 4.78 is 0. The van der Waals surface area contributed by atoms with Gasteiger partial charge in [-0.25, -0.2) is 4.79 Å². The summed E-state index contributed by atoms with van der Waals surface area (Å²) in [5.41, 5.74) is 0.169. The number of hydrogen-bond donors (Lipinski definition) is 2. The zero-order valence-corrected chi connectivity index (χ0v) is 13.1. The van der Waals surface area contributed by atoms with E-state index < -0.39 is 12.0 Å². The number of carboxylic acids is 1. The molecule has 5 nitrogen and oxygen atoms in total. The van der Waals surface area contributed by atoms with Crippen LogP contribution in [0.25, 0.3) is 0 Å². The second-order valence-electron chi connectivity index (χ2n) is 4.99. The molecule has 114 valence electrons. The number of amides is 1. The van der Waals surface area contributed by atoms with Crippen molar-refractivity contribution >= 4 is 29.4 Å². The van der Waals surface area contributed by atoms with Gasteiger partial charge in [0.25, 0.3) is 0 Å². The van der Waals surface area contributed by atoms with Gasteiger partial charge in [-0.15, -0.1) is 11.8 Å². The molecule has 2 N–H and O–H groups in total. The predicted octanol–water partition coefficient (Wildman–Crippen LogP) is 2.21.